The third-order valence-electron chi connectivity index (χ3n) is 2.22. The van der Waals surface area contributed by atoms with Crippen molar-refractivity contribution in [2.24, 2.45) is 0 Å². The zero-order valence-corrected chi connectivity index (χ0v) is 9.96. The van der Waals surface area contributed by atoms with Gasteiger partial charge in [0.2, 0.25) is 9.84 Å². The number of sulfone groups is 1. The highest BCUT2D eigenvalue weighted by atomic mass is 32.2. The van der Waals surface area contributed by atoms with Crippen LogP contribution in [-0.4, -0.2) is 13.5 Å². The van der Waals surface area contributed by atoms with Crippen LogP contribution in [0.1, 0.15) is 26.2 Å². The summed E-state index contributed by atoms with van der Waals surface area (Å²) in [6.07, 6.45) is 1.46. The zero-order valence-electron chi connectivity index (χ0n) is 9.14. The van der Waals surface area contributed by atoms with Crippen molar-refractivity contribution in [1.82, 2.24) is 0 Å². The van der Waals surface area contributed by atoms with Crippen LogP contribution in [0.4, 0.5) is 5.69 Å². The van der Waals surface area contributed by atoms with E-state index in [-0.39, 0.29) is 11.3 Å². The van der Waals surface area contributed by atoms with Crippen molar-refractivity contribution in [3.05, 3.63) is 24.3 Å². The Morgan fingerprint density at radius 3 is 2.31 bits per heavy atom. The lowest BCUT2D eigenvalue weighted by atomic mass is 10.3. The van der Waals surface area contributed by atoms with Crippen LogP contribution in [0.2, 0.25) is 0 Å². The van der Waals surface area contributed by atoms with Crippen LogP contribution in [0.3, 0.4) is 0 Å². The molecule has 4 nitrogen and oxygen atoms in total. The largest absolute Gasteiger partial charge is 0.399 e. The Kier molecular flexibility index (Phi) is 4.06. The number of benzene rings is 1. The number of carbonyl (C=O) groups is 1. The first-order valence-corrected chi connectivity index (χ1v) is 6.60. The van der Waals surface area contributed by atoms with Crippen LogP contribution in [0, 0.1) is 0 Å². The average Bonchev–Trinajstić information content (AvgIpc) is 2.26. The molecule has 0 aliphatic rings. The summed E-state index contributed by atoms with van der Waals surface area (Å²) in [5.41, 5.74) is 5.92. The molecule has 0 fully saturated rings. The highest BCUT2D eigenvalue weighted by Gasteiger charge is 2.23. The van der Waals surface area contributed by atoms with Gasteiger partial charge >= 0.3 is 0 Å². The van der Waals surface area contributed by atoms with Gasteiger partial charge in [0.25, 0.3) is 5.12 Å². The summed E-state index contributed by atoms with van der Waals surface area (Å²) in [6.45, 7) is 1.91. The molecule has 0 bridgehead atoms. The highest BCUT2D eigenvalue weighted by molar-refractivity contribution is 8.06. The van der Waals surface area contributed by atoms with Crippen LogP contribution in [0.5, 0.6) is 0 Å². The van der Waals surface area contributed by atoms with Crippen molar-refractivity contribution in [2.75, 3.05) is 5.73 Å². The highest BCUT2D eigenvalue weighted by Crippen LogP contribution is 2.16. The normalized spacial score (nSPS) is 11.3. The van der Waals surface area contributed by atoms with Crippen LogP contribution in [0.15, 0.2) is 29.2 Å². The second-order valence-corrected chi connectivity index (χ2v) is 5.48. The molecule has 0 amide bonds. The van der Waals surface area contributed by atoms with E-state index in [1.54, 1.807) is 0 Å². The molecule has 1 aromatic rings. The first kappa shape index (κ1) is 12.7. The molecule has 0 aliphatic carbocycles. The van der Waals surface area contributed by atoms with Gasteiger partial charge in [-0.2, -0.15) is 0 Å². The molecule has 1 rings (SSSR count). The van der Waals surface area contributed by atoms with E-state index in [1.807, 2.05) is 6.92 Å². The minimum absolute atomic E-state index is 0.0165. The van der Waals surface area contributed by atoms with Crippen molar-refractivity contribution in [3.63, 3.8) is 0 Å². The number of unbranched alkanes of at least 4 members (excludes halogenated alkanes) is 1. The maximum absolute atomic E-state index is 11.8. The quantitative estimate of drug-likeness (QED) is 0.815. The summed E-state index contributed by atoms with van der Waals surface area (Å²) in [5, 5.41) is -0.723. The van der Waals surface area contributed by atoms with Gasteiger partial charge in [-0.15, -0.1) is 0 Å². The zero-order chi connectivity index (χ0) is 12.2. The van der Waals surface area contributed by atoms with Gasteiger partial charge < -0.3 is 5.73 Å². The molecule has 0 saturated heterocycles. The van der Waals surface area contributed by atoms with Gasteiger partial charge in [-0.3, -0.25) is 4.79 Å². The van der Waals surface area contributed by atoms with Crippen LogP contribution >= 0.6 is 0 Å². The van der Waals surface area contributed by atoms with E-state index in [1.165, 1.54) is 24.3 Å². The number of carbonyl (C=O) groups excluding carboxylic acids is 1. The number of rotatable bonds is 4. The summed E-state index contributed by atoms with van der Waals surface area (Å²) in [6, 6.07) is 5.66. The van der Waals surface area contributed by atoms with Crippen LogP contribution < -0.4 is 5.73 Å². The number of hydrogen-bond donors (Lipinski definition) is 1. The number of nitrogens with two attached hydrogens (primary N) is 1. The van der Waals surface area contributed by atoms with Gasteiger partial charge in [-0.05, 0) is 30.7 Å². The van der Waals surface area contributed by atoms with E-state index >= 15 is 0 Å². The number of anilines is 1. The fourth-order valence-electron chi connectivity index (χ4n) is 1.23. The molecule has 0 unspecified atom stereocenters. The molecule has 0 radical (unpaired) electrons. The molecular formula is C11H15NO3S. The second kappa shape index (κ2) is 5.12. The van der Waals surface area contributed by atoms with E-state index in [9.17, 15) is 13.2 Å². The van der Waals surface area contributed by atoms with Crippen molar-refractivity contribution in [1.29, 1.82) is 0 Å². The Morgan fingerprint density at radius 2 is 1.81 bits per heavy atom. The third kappa shape index (κ3) is 2.82. The topological polar surface area (TPSA) is 77.2 Å². The lowest BCUT2D eigenvalue weighted by Crippen LogP contribution is -2.14. The first-order chi connectivity index (χ1) is 7.48. The van der Waals surface area contributed by atoms with E-state index in [0.717, 1.165) is 6.42 Å². The number of nitrogen functional groups attached to an aromatic ring is 1. The van der Waals surface area contributed by atoms with E-state index in [4.69, 9.17) is 5.73 Å². The Bertz CT molecular complexity index is 463. The van der Waals surface area contributed by atoms with Crippen molar-refractivity contribution in [3.8, 4) is 0 Å². The SMILES string of the molecule is CCCCC(=O)S(=O)(=O)c1ccc(N)cc1. The molecule has 0 aliphatic heterocycles. The minimum atomic E-state index is -3.82. The Morgan fingerprint density at radius 1 is 1.25 bits per heavy atom. The molecule has 1 aromatic carbocycles. The summed E-state index contributed by atoms with van der Waals surface area (Å²) in [7, 11) is -3.82. The standard InChI is InChI=1S/C11H15NO3S/c1-2-3-4-11(13)16(14,15)10-7-5-9(12)6-8-10/h5-8H,2-4,12H2,1H3. The van der Waals surface area contributed by atoms with E-state index in [2.05, 4.69) is 0 Å². The summed E-state index contributed by atoms with van der Waals surface area (Å²) >= 11 is 0. The molecule has 5 heteroatoms. The fraction of sp³-hybridized carbons (Fsp3) is 0.364. The fourth-order valence-corrected chi connectivity index (χ4v) is 2.40. The average molecular weight is 241 g/mol. The summed E-state index contributed by atoms with van der Waals surface area (Å²) < 4.78 is 23.5. The maximum Gasteiger partial charge on any atom is 0.251 e. The van der Waals surface area contributed by atoms with Gasteiger partial charge in [-0.25, -0.2) is 8.42 Å². The molecule has 0 atom stereocenters. The summed E-state index contributed by atoms with van der Waals surface area (Å²) in [4.78, 5) is 11.5. The molecule has 0 saturated carbocycles. The molecule has 0 aromatic heterocycles. The van der Waals surface area contributed by atoms with Crippen molar-refractivity contribution >= 4 is 20.6 Å². The smallest absolute Gasteiger partial charge is 0.251 e. The van der Waals surface area contributed by atoms with Gasteiger partial charge in [0.05, 0.1) is 4.90 Å². The Hall–Kier alpha value is -1.36. The van der Waals surface area contributed by atoms with Gasteiger partial charge in [0.1, 0.15) is 0 Å². The first-order valence-electron chi connectivity index (χ1n) is 5.12. The van der Waals surface area contributed by atoms with Crippen molar-refractivity contribution < 1.29 is 13.2 Å². The molecule has 0 heterocycles. The van der Waals surface area contributed by atoms with Gasteiger partial charge in [-0.1, -0.05) is 13.3 Å². The lowest BCUT2D eigenvalue weighted by Gasteiger charge is -2.03. The molecular weight excluding hydrogens is 226 g/mol. The van der Waals surface area contributed by atoms with Gasteiger partial charge in [0, 0.05) is 12.1 Å². The molecule has 88 valence electrons. The predicted molar refractivity (Wildman–Crippen MR) is 62.6 cm³/mol. The lowest BCUT2D eigenvalue weighted by molar-refractivity contribution is -0.111. The molecule has 16 heavy (non-hydrogen) atoms. The van der Waals surface area contributed by atoms with Gasteiger partial charge in [0.15, 0.2) is 0 Å². The number of hydrogen-bond acceptors (Lipinski definition) is 4. The monoisotopic (exact) mass is 241 g/mol. The summed E-state index contributed by atoms with van der Waals surface area (Å²) in [5.74, 6) is 0. The van der Waals surface area contributed by atoms with E-state index in [0.29, 0.717) is 12.1 Å². The molecule has 0 spiro atoms. The Balaban J connectivity index is 2.93. The van der Waals surface area contributed by atoms with Crippen molar-refractivity contribution in [2.45, 2.75) is 31.1 Å². The second-order valence-electron chi connectivity index (χ2n) is 3.55. The maximum atomic E-state index is 11.8. The third-order valence-corrected chi connectivity index (χ3v) is 3.92. The Labute approximate surface area is 95.4 Å². The predicted octanol–water partition coefficient (Wildman–Crippen LogP) is 1.76. The molecule has 2 N–H and O–H groups in total. The van der Waals surface area contributed by atoms with Crippen LogP contribution in [-0.2, 0) is 14.6 Å². The van der Waals surface area contributed by atoms with E-state index < -0.39 is 15.0 Å². The van der Waals surface area contributed by atoms with Crippen LogP contribution in [0.25, 0.3) is 0 Å². The minimum Gasteiger partial charge on any atom is -0.399 e.